The lowest BCUT2D eigenvalue weighted by Crippen LogP contribution is -2.45. The minimum atomic E-state index is -0.454. The van der Waals surface area contributed by atoms with Gasteiger partial charge in [-0.1, -0.05) is 13.8 Å². The molecule has 136 valence electrons. The van der Waals surface area contributed by atoms with Crippen molar-refractivity contribution < 1.29 is 0 Å². The van der Waals surface area contributed by atoms with Gasteiger partial charge in [0.1, 0.15) is 5.52 Å². The molecule has 0 spiro atoms. The maximum atomic E-state index is 12.7. The molecular weight excluding hydrogens is 320 g/mol. The number of hydrogen-bond donors (Lipinski definition) is 1. The lowest BCUT2D eigenvalue weighted by molar-refractivity contribution is 0.311. The van der Waals surface area contributed by atoms with Gasteiger partial charge in [-0.05, 0) is 25.8 Å². The first-order valence-corrected chi connectivity index (χ1v) is 8.88. The van der Waals surface area contributed by atoms with Gasteiger partial charge >= 0.3 is 5.56 Å². The van der Waals surface area contributed by atoms with Gasteiger partial charge in [0.25, 0.3) is 5.56 Å². The molecule has 0 radical (unpaired) electrons. The van der Waals surface area contributed by atoms with Gasteiger partial charge in [-0.25, -0.2) is 4.98 Å². The third-order valence-electron chi connectivity index (χ3n) is 4.67. The molecule has 1 aliphatic heterocycles. The lowest BCUT2D eigenvalue weighted by atomic mass is 10.1. The standard InChI is InChI=1S/C17H26N6O2/c1-12(2)5-4-6-23-11-18-13-14(23)16(25)20-17(19-15(13)24)22-9-7-21(3)8-10-22/h11-12H,4-10H2,1-3H3,(H,19,20,24,25). The van der Waals surface area contributed by atoms with Crippen molar-refractivity contribution in [3.05, 3.63) is 27.0 Å². The van der Waals surface area contributed by atoms with E-state index in [0.717, 1.165) is 39.0 Å². The summed E-state index contributed by atoms with van der Waals surface area (Å²) in [4.78, 5) is 40.4. The van der Waals surface area contributed by atoms with E-state index in [1.165, 1.54) is 0 Å². The Morgan fingerprint density at radius 2 is 1.92 bits per heavy atom. The molecular formula is C17H26N6O2. The Balaban J connectivity index is 1.96. The van der Waals surface area contributed by atoms with E-state index in [2.05, 4.69) is 40.7 Å². The molecule has 1 aliphatic rings. The van der Waals surface area contributed by atoms with Gasteiger partial charge in [0.05, 0.1) is 6.33 Å². The molecule has 0 saturated carbocycles. The molecule has 3 heterocycles. The van der Waals surface area contributed by atoms with Gasteiger partial charge in [-0.3, -0.25) is 14.6 Å². The van der Waals surface area contributed by atoms with Gasteiger partial charge in [0.2, 0.25) is 5.95 Å². The highest BCUT2D eigenvalue weighted by atomic mass is 16.1. The summed E-state index contributed by atoms with van der Waals surface area (Å²) in [6, 6.07) is 0. The van der Waals surface area contributed by atoms with E-state index < -0.39 is 5.56 Å². The summed E-state index contributed by atoms with van der Waals surface area (Å²) in [6.45, 7) is 8.21. The van der Waals surface area contributed by atoms with Crippen LogP contribution in [0.5, 0.6) is 0 Å². The maximum Gasteiger partial charge on any atom is 0.301 e. The maximum absolute atomic E-state index is 12.7. The fourth-order valence-corrected chi connectivity index (χ4v) is 3.12. The van der Waals surface area contributed by atoms with Gasteiger partial charge in [0, 0.05) is 32.7 Å². The minimum Gasteiger partial charge on any atom is -0.340 e. The Morgan fingerprint density at radius 1 is 1.20 bits per heavy atom. The van der Waals surface area contributed by atoms with Crippen LogP contribution in [0.2, 0.25) is 0 Å². The lowest BCUT2D eigenvalue weighted by Gasteiger charge is -2.32. The number of anilines is 1. The number of imidazole rings is 1. The van der Waals surface area contributed by atoms with E-state index in [1.807, 2.05) is 4.90 Å². The highest BCUT2D eigenvalue weighted by Gasteiger charge is 2.18. The highest BCUT2D eigenvalue weighted by Crippen LogP contribution is 2.11. The first kappa shape index (κ1) is 17.6. The first-order chi connectivity index (χ1) is 12.0. The molecule has 1 fully saturated rings. The number of fused-ring (bicyclic) bond motifs is 1. The van der Waals surface area contributed by atoms with Crippen LogP contribution in [0.1, 0.15) is 26.7 Å². The van der Waals surface area contributed by atoms with Gasteiger partial charge < -0.3 is 14.4 Å². The zero-order valence-electron chi connectivity index (χ0n) is 15.2. The van der Waals surface area contributed by atoms with Crippen LogP contribution < -0.4 is 16.0 Å². The van der Waals surface area contributed by atoms with Crippen LogP contribution in [-0.2, 0) is 6.54 Å². The summed E-state index contributed by atoms with van der Waals surface area (Å²) in [5, 5.41) is 0. The number of piperazine rings is 1. The van der Waals surface area contributed by atoms with Gasteiger partial charge in [-0.15, -0.1) is 0 Å². The Bertz CT molecular complexity index is 848. The zero-order valence-corrected chi connectivity index (χ0v) is 15.2. The van der Waals surface area contributed by atoms with Crippen molar-refractivity contribution in [2.75, 3.05) is 38.1 Å². The van der Waals surface area contributed by atoms with Gasteiger partial charge in [-0.2, -0.15) is 4.98 Å². The molecule has 0 aliphatic carbocycles. The molecule has 0 bridgehead atoms. The molecule has 25 heavy (non-hydrogen) atoms. The topological polar surface area (TPSA) is 87.1 Å². The number of H-pyrrole nitrogens is 1. The van der Waals surface area contributed by atoms with Crippen LogP contribution in [0, 0.1) is 5.92 Å². The third-order valence-corrected chi connectivity index (χ3v) is 4.67. The molecule has 8 heteroatoms. The molecule has 2 aromatic heterocycles. The number of aryl methyl sites for hydroxylation is 1. The monoisotopic (exact) mass is 346 g/mol. The molecule has 8 nitrogen and oxygen atoms in total. The molecule has 0 unspecified atom stereocenters. The number of rotatable bonds is 5. The van der Waals surface area contributed by atoms with E-state index in [-0.39, 0.29) is 11.1 Å². The van der Waals surface area contributed by atoms with Gasteiger partial charge in [0.15, 0.2) is 5.52 Å². The molecule has 2 aromatic rings. The fraction of sp³-hybridized carbons (Fsp3) is 0.647. The summed E-state index contributed by atoms with van der Waals surface area (Å²) >= 11 is 0. The summed E-state index contributed by atoms with van der Waals surface area (Å²) in [6.07, 6.45) is 3.57. The Morgan fingerprint density at radius 3 is 2.60 bits per heavy atom. The van der Waals surface area contributed by atoms with Crippen molar-refractivity contribution in [2.24, 2.45) is 5.92 Å². The van der Waals surface area contributed by atoms with E-state index in [4.69, 9.17) is 0 Å². The molecule has 0 aromatic carbocycles. The smallest absolute Gasteiger partial charge is 0.301 e. The second-order valence-corrected chi connectivity index (χ2v) is 7.16. The number of aromatic amines is 1. The van der Waals surface area contributed by atoms with Crippen LogP contribution >= 0.6 is 0 Å². The molecule has 0 amide bonds. The third kappa shape index (κ3) is 3.89. The van der Waals surface area contributed by atoms with Crippen LogP contribution in [0.4, 0.5) is 5.95 Å². The first-order valence-electron chi connectivity index (χ1n) is 8.88. The number of aromatic nitrogens is 4. The van der Waals surface area contributed by atoms with E-state index in [9.17, 15) is 9.59 Å². The average Bonchev–Trinajstić information content (AvgIpc) is 2.93. The van der Waals surface area contributed by atoms with Crippen molar-refractivity contribution in [1.29, 1.82) is 0 Å². The summed E-state index contributed by atoms with van der Waals surface area (Å²) in [5.74, 6) is 0.944. The van der Waals surface area contributed by atoms with Crippen molar-refractivity contribution >= 4 is 17.0 Å². The van der Waals surface area contributed by atoms with Crippen LogP contribution in [0.25, 0.3) is 11.0 Å². The normalized spacial score (nSPS) is 16.1. The summed E-state index contributed by atoms with van der Waals surface area (Å²) in [5.41, 5.74) is -0.293. The Kier molecular flexibility index (Phi) is 5.17. The highest BCUT2D eigenvalue weighted by molar-refractivity contribution is 5.72. The SMILES string of the molecule is CC(C)CCCn1cnc2c(=O)nc(N3CCN(C)CC3)[nH]c(=O)c21. The fourth-order valence-electron chi connectivity index (χ4n) is 3.12. The van der Waals surface area contributed by atoms with Crippen molar-refractivity contribution in [3.63, 3.8) is 0 Å². The number of hydrogen-bond acceptors (Lipinski definition) is 6. The molecule has 1 saturated heterocycles. The van der Waals surface area contributed by atoms with Crippen LogP contribution in [0.3, 0.4) is 0 Å². The molecule has 3 rings (SSSR count). The Labute approximate surface area is 146 Å². The minimum absolute atomic E-state index is 0.145. The van der Waals surface area contributed by atoms with E-state index >= 15 is 0 Å². The Hall–Kier alpha value is -2.22. The van der Waals surface area contributed by atoms with Crippen LogP contribution in [0.15, 0.2) is 15.9 Å². The second kappa shape index (κ2) is 7.35. The van der Waals surface area contributed by atoms with Crippen molar-refractivity contribution in [2.45, 2.75) is 33.2 Å². The predicted molar refractivity (Wildman–Crippen MR) is 98.2 cm³/mol. The van der Waals surface area contributed by atoms with Crippen LogP contribution in [-0.4, -0.2) is 57.6 Å². The summed E-state index contributed by atoms with van der Waals surface area (Å²) in [7, 11) is 2.05. The number of likely N-dealkylation sites (N-methyl/N-ethyl adjacent to an activating group) is 1. The molecule has 0 atom stereocenters. The van der Waals surface area contributed by atoms with E-state index in [0.29, 0.717) is 23.9 Å². The predicted octanol–water partition coefficient (Wildman–Crippen LogP) is 0.668. The second-order valence-electron chi connectivity index (χ2n) is 7.16. The largest absolute Gasteiger partial charge is 0.340 e. The number of nitrogens with one attached hydrogen (secondary N) is 1. The zero-order chi connectivity index (χ0) is 18.0. The van der Waals surface area contributed by atoms with Crippen molar-refractivity contribution in [3.8, 4) is 0 Å². The quantitative estimate of drug-likeness (QED) is 0.856. The van der Waals surface area contributed by atoms with E-state index in [1.54, 1.807) is 10.9 Å². The molecule has 1 N–H and O–H groups in total. The van der Waals surface area contributed by atoms with Crippen molar-refractivity contribution in [1.82, 2.24) is 24.4 Å². The summed E-state index contributed by atoms with van der Waals surface area (Å²) < 4.78 is 1.77. The number of nitrogens with zero attached hydrogens (tertiary/aromatic N) is 5. The average molecular weight is 346 g/mol.